The number of amides is 2. The average molecular weight is 386 g/mol. The van der Waals surface area contributed by atoms with Crippen molar-refractivity contribution in [3.8, 4) is 0 Å². The lowest BCUT2D eigenvalue weighted by Gasteiger charge is -2.28. The van der Waals surface area contributed by atoms with Crippen molar-refractivity contribution in [3.05, 3.63) is 52.2 Å². The molecule has 0 spiro atoms. The zero-order valence-electron chi connectivity index (χ0n) is 15.1. The SMILES string of the molecule is COC(=O)c1ccc(NC(=O)C(=O)NCC2(c3ccsc3)CCCC2)cc1. The molecule has 3 rings (SSSR count). The number of esters is 1. The molecule has 0 saturated heterocycles. The van der Waals surface area contributed by atoms with Gasteiger partial charge in [0.2, 0.25) is 0 Å². The van der Waals surface area contributed by atoms with Gasteiger partial charge in [-0.05, 0) is 59.5 Å². The first-order chi connectivity index (χ1) is 13.0. The van der Waals surface area contributed by atoms with Gasteiger partial charge < -0.3 is 15.4 Å². The van der Waals surface area contributed by atoms with E-state index in [1.165, 1.54) is 24.8 Å². The van der Waals surface area contributed by atoms with E-state index < -0.39 is 17.8 Å². The Bertz CT molecular complexity index is 809. The molecule has 0 radical (unpaired) electrons. The van der Waals surface area contributed by atoms with Gasteiger partial charge in [-0.3, -0.25) is 9.59 Å². The lowest BCUT2D eigenvalue weighted by Crippen LogP contribution is -2.43. The quantitative estimate of drug-likeness (QED) is 0.611. The molecule has 0 unspecified atom stereocenters. The lowest BCUT2D eigenvalue weighted by atomic mass is 9.80. The van der Waals surface area contributed by atoms with E-state index in [0.29, 0.717) is 17.8 Å². The van der Waals surface area contributed by atoms with Gasteiger partial charge in [0.25, 0.3) is 0 Å². The van der Waals surface area contributed by atoms with Gasteiger partial charge in [-0.15, -0.1) is 0 Å². The Balaban J connectivity index is 1.57. The fourth-order valence-corrected chi connectivity index (χ4v) is 4.29. The van der Waals surface area contributed by atoms with Crippen LogP contribution in [0.3, 0.4) is 0 Å². The second-order valence-electron chi connectivity index (χ2n) is 6.71. The molecule has 2 N–H and O–H groups in total. The minimum absolute atomic E-state index is 0.0713. The molecule has 1 heterocycles. The summed E-state index contributed by atoms with van der Waals surface area (Å²) in [5.41, 5.74) is 1.98. The van der Waals surface area contributed by atoms with Gasteiger partial charge in [-0.25, -0.2) is 4.79 Å². The number of carbonyl (C=O) groups is 3. The average Bonchev–Trinajstić information content (AvgIpc) is 3.38. The molecule has 0 aliphatic heterocycles. The van der Waals surface area contributed by atoms with Crippen LogP contribution in [0.1, 0.15) is 41.6 Å². The highest BCUT2D eigenvalue weighted by Crippen LogP contribution is 2.41. The first kappa shape index (κ1) is 19.1. The van der Waals surface area contributed by atoms with Crippen molar-refractivity contribution >= 4 is 34.8 Å². The molecule has 1 aliphatic carbocycles. The molecule has 1 fully saturated rings. The molecule has 6 nitrogen and oxygen atoms in total. The zero-order valence-corrected chi connectivity index (χ0v) is 15.9. The molecule has 2 amide bonds. The highest BCUT2D eigenvalue weighted by atomic mass is 32.1. The van der Waals surface area contributed by atoms with E-state index in [9.17, 15) is 14.4 Å². The number of carbonyl (C=O) groups excluding carboxylic acids is 3. The molecule has 7 heteroatoms. The summed E-state index contributed by atoms with van der Waals surface area (Å²) in [6, 6.07) is 8.28. The third kappa shape index (κ3) is 4.36. The van der Waals surface area contributed by atoms with E-state index >= 15 is 0 Å². The molecule has 0 bridgehead atoms. The summed E-state index contributed by atoms with van der Waals surface area (Å²) in [5, 5.41) is 9.51. The molecule has 142 valence electrons. The Morgan fingerprint density at radius 3 is 2.37 bits per heavy atom. The summed E-state index contributed by atoms with van der Waals surface area (Å²) in [6.07, 6.45) is 4.29. The summed E-state index contributed by atoms with van der Waals surface area (Å²) in [5.74, 6) is -1.84. The number of hydrogen-bond acceptors (Lipinski definition) is 5. The van der Waals surface area contributed by atoms with E-state index in [-0.39, 0.29) is 5.41 Å². The van der Waals surface area contributed by atoms with Gasteiger partial charge in [0.15, 0.2) is 0 Å². The van der Waals surface area contributed by atoms with Crippen LogP contribution in [0.2, 0.25) is 0 Å². The van der Waals surface area contributed by atoms with E-state index in [4.69, 9.17) is 0 Å². The van der Waals surface area contributed by atoms with E-state index in [1.54, 1.807) is 23.5 Å². The van der Waals surface area contributed by atoms with Crippen LogP contribution in [0.15, 0.2) is 41.1 Å². The Hall–Kier alpha value is -2.67. The summed E-state index contributed by atoms with van der Waals surface area (Å²) >= 11 is 1.65. The smallest absolute Gasteiger partial charge is 0.337 e. The highest BCUT2D eigenvalue weighted by molar-refractivity contribution is 7.08. The Morgan fingerprint density at radius 1 is 1.07 bits per heavy atom. The maximum absolute atomic E-state index is 12.2. The van der Waals surface area contributed by atoms with Crippen molar-refractivity contribution in [1.82, 2.24) is 5.32 Å². The minimum atomic E-state index is -0.723. The predicted octanol–water partition coefficient (Wildman–Crippen LogP) is 3.10. The number of anilines is 1. The first-order valence-corrected chi connectivity index (χ1v) is 9.79. The van der Waals surface area contributed by atoms with Gasteiger partial charge in [0.1, 0.15) is 0 Å². The molecule has 1 aromatic carbocycles. The topological polar surface area (TPSA) is 84.5 Å². The van der Waals surface area contributed by atoms with Crippen LogP contribution in [-0.4, -0.2) is 31.4 Å². The maximum Gasteiger partial charge on any atom is 0.337 e. The molecular formula is C20H22N2O4S. The molecule has 1 aliphatic rings. The zero-order chi connectivity index (χ0) is 19.3. The number of rotatable bonds is 5. The summed E-state index contributed by atoms with van der Waals surface area (Å²) in [4.78, 5) is 35.8. The van der Waals surface area contributed by atoms with Gasteiger partial charge in [0, 0.05) is 17.6 Å². The molecule has 2 aromatic rings. The number of benzene rings is 1. The fourth-order valence-electron chi connectivity index (χ4n) is 3.51. The Kier molecular flexibility index (Phi) is 5.91. The van der Waals surface area contributed by atoms with Crippen molar-refractivity contribution in [2.24, 2.45) is 0 Å². The van der Waals surface area contributed by atoms with E-state index in [0.717, 1.165) is 25.7 Å². The normalized spacial score (nSPS) is 15.1. The van der Waals surface area contributed by atoms with Gasteiger partial charge in [0.05, 0.1) is 12.7 Å². The summed E-state index contributed by atoms with van der Waals surface area (Å²) < 4.78 is 4.63. The molecule has 0 atom stereocenters. The van der Waals surface area contributed by atoms with Crippen molar-refractivity contribution in [3.63, 3.8) is 0 Å². The number of ether oxygens (including phenoxy) is 1. The summed E-state index contributed by atoms with van der Waals surface area (Å²) in [7, 11) is 1.30. The van der Waals surface area contributed by atoms with E-state index in [1.807, 2.05) is 5.38 Å². The lowest BCUT2D eigenvalue weighted by molar-refractivity contribution is -0.136. The van der Waals surface area contributed by atoms with Crippen LogP contribution >= 0.6 is 11.3 Å². The van der Waals surface area contributed by atoms with E-state index in [2.05, 4.69) is 26.8 Å². The standard InChI is InChI=1S/C20H22N2O4S/c1-26-19(25)14-4-6-16(7-5-14)22-18(24)17(23)21-13-20(9-2-3-10-20)15-8-11-27-12-15/h4-8,11-12H,2-3,9-10,13H2,1H3,(H,21,23)(H,22,24). The van der Waals surface area contributed by atoms with Crippen molar-refractivity contribution in [1.29, 1.82) is 0 Å². The maximum atomic E-state index is 12.2. The first-order valence-electron chi connectivity index (χ1n) is 8.84. The number of hydrogen-bond donors (Lipinski definition) is 2. The third-order valence-electron chi connectivity index (χ3n) is 5.05. The number of methoxy groups -OCH3 is 1. The third-order valence-corrected chi connectivity index (χ3v) is 5.73. The van der Waals surface area contributed by atoms with Crippen LogP contribution in [0.5, 0.6) is 0 Å². The van der Waals surface area contributed by atoms with Gasteiger partial charge >= 0.3 is 17.8 Å². The van der Waals surface area contributed by atoms with Crippen LogP contribution in [0.4, 0.5) is 5.69 Å². The van der Waals surface area contributed by atoms with Crippen LogP contribution in [0.25, 0.3) is 0 Å². The predicted molar refractivity (Wildman–Crippen MR) is 104 cm³/mol. The summed E-state index contributed by atoms with van der Waals surface area (Å²) in [6.45, 7) is 0.456. The van der Waals surface area contributed by atoms with Crippen molar-refractivity contribution < 1.29 is 19.1 Å². The van der Waals surface area contributed by atoms with Crippen LogP contribution < -0.4 is 10.6 Å². The largest absolute Gasteiger partial charge is 0.465 e. The fraction of sp³-hybridized carbons (Fsp3) is 0.350. The van der Waals surface area contributed by atoms with Crippen LogP contribution in [0, 0.1) is 0 Å². The monoisotopic (exact) mass is 386 g/mol. The second-order valence-corrected chi connectivity index (χ2v) is 7.49. The minimum Gasteiger partial charge on any atom is -0.465 e. The molecule has 1 aromatic heterocycles. The molecule has 1 saturated carbocycles. The van der Waals surface area contributed by atoms with Crippen LogP contribution in [-0.2, 0) is 19.7 Å². The Morgan fingerprint density at radius 2 is 1.78 bits per heavy atom. The van der Waals surface area contributed by atoms with Gasteiger partial charge in [-0.2, -0.15) is 11.3 Å². The molecule has 27 heavy (non-hydrogen) atoms. The van der Waals surface area contributed by atoms with Crippen molar-refractivity contribution in [2.45, 2.75) is 31.1 Å². The second kappa shape index (κ2) is 8.35. The Labute approximate surface area is 161 Å². The number of nitrogens with one attached hydrogen (secondary N) is 2. The molecular weight excluding hydrogens is 364 g/mol. The van der Waals surface area contributed by atoms with Crippen molar-refractivity contribution in [2.75, 3.05) is 19.0 Å². The number of thiophene rings is 1. The highest BCUT2D eigenvalue weighted by Gasteiger charge is 2.36. The van der Waals surface area contributed by atoms with Gasteiger partial charge in [-0.1, -0.05) is 12.8 Å².